The van der Waals surface area contributed by atoms with Gasteiger partial charge in [-0.3, -0.25) is 10.1 Å². The van der Waals surface area contributed by atoms with Gasteiger partial charge in [-0.05, 0) is 12.1 Å². The minimum atomic E-state index is -1.62. The first-order valence-corrected chi connectivity index (χ1v) is 6.82. The summed E-state index contributed by atoms with van der Waals surface area (Å²) in [7, 11) is 0. The lowest BCUT2D eigenvalue weighted by Crippen LogP contribution is -2.04. The maximum Gasteiger partial charge on any atom is 0.313 e. The molecule has 0 spiro atoms. The number of hydrogen-bond donors (Lipinski definition) is 3. The van der Waals surface area contributed by atoms with E-state index in [2.05, 4.69) is 4.98 Å². The third kappa shape index (κ3) is 2.90. The van der Waals surface area contributed by atoms with Gasteiger partial charge < -0.3 is 15.2 Å². The Kier molecular flexibility index (Phi) is 4.55. The van der Waals surface area contributed by atoms with E-state index in [-0.39, 0.29) is 31.5 Å². The van der Waals surface area contributed by atoms with Gasteiger partial charge in [-0.1, -0.05) is 46.4 Å². The van der Waals surface area contributed by atoms with Crippen molar-refractivity contribution in [2.75, 3.05) is 0 Å². The average molecular weight is 372 g/mol. The zero-order valence-corrected chi connectivity index (χ0v) is 12.9. The minimum Gasteiger partial charge on any atom is -0.506 e. The van der Waals surface area contributed by atoms with Crippen LogP contribution in [0.3, 0.4) is 0 Å². The fourth-order valence-electron chi connectivity index (χ4n) is 1.78. The van der Waals surface area contributed by atoms with E-state index in [0.29, 0.717) is 0 Å². The van der Waals surface area contributed by atoms with E-state index < -0.39 is 22.5 Å². The van der Waals surface area contributed by atoms with E-state index >= 15 is 0 Å². The first kappa shape index (κ1) is 16.2. The molecule has 1 aromatic heterocycles. The first-order valence-electron chi connectivity index (χ1n) is 5.31. The zero-order valence-electron chi connectivity index (χ0n) is 9.90. The molecule has 0 bridgehead atoms. The number of aromatic hydroxyl groups is 1. The average Bonchev–Trinajstić information content (AvgIpc) is 2.69. The van der Waals surface area contributed by atoms with Crippen LogP contribution in [-0.4, -0.2) is 20.1 Å². The lowest BCUT2D eigenvalue weighted by Gasteiger charge is -2.12. The van der Waals surface area contributed by atoms with E-state index in [1.807, 2.05) is 0 Å². The molecular formula is C11H6Cl4N2O4. The summed E-state index contributed by atoms with van der Waals surface area (Å²) in [5, 5.41) is 30.6. The van der Waals surface area contributed by atoms with Crippen molar-refractivity contribution in [2.45, 2.75) is 6.10 Å². The molecule has 0 unspecified atom stereocenters. The summed E-state index contributed by atoms with van der Waals surface area (Å²) in [5.41, 5.74) is -1.00. The number of rotatable bonds is 3. The van der Waals surface area contributed by atoms with Crippen LogP contribution in [-0.2, 0) is 0 Å². The summed E-state index contributed by atoms with van der Waals surface area (Å²) < 4.78 is 0. The Morgan fingerprint density at radius 1 is 1.24 bits per heavy atom. The number of aliphatic hydroxyl groups excluding tert-OH is 1. The molecule has 0 saturated heterocycles. The Labute approximate surface area is 138 Å². The van der Waals surface area contributed by atoms with Crippen molar-refractivity contribution < 1.29 is 15.1 Å². The standard InChI is InChI=1S/C11H6Cl4N2O4/c12-3-1-4(9(18)5(13)2-3)10(19)7-8(17(20)21)6(14)11(15)16-7/h1-2,10,16,18-19H/t10-/m1/s1. The molecular weight excluding hydrogens is 366 g/mol. The fourth-order valence-corrected chi connectivity index (χ4v) is 2.70. The molecule has 21 heavy (non-hydrogen) atoms. The number of nitrogens with zero attached hydrogens (tertiary/aromatic N) is 1. The number of aliphatic hydroxyl groups is 1. The fraction of sp³-hybridized carbons (Fsp3) is 0.0909. The highest BCUT2D eigenvalue weighted by atomic mass is 35.5. The zero-order chi connectivity index (χ0) is 15.9. The van der Waals surface area contributed by atoms with Gasteiger partial charge in [0.05, 0.1) is 9.95 Å². The van der Waals surface area contributed by atoms with Gasteiger partial charge in [0.15, 0.2) is 5.02 Å². The molecule has 0 amide bonds. The number of phenols is 1. The van der Waals surface area contributed by atoms with Gasteiger partial charge in [0.25, 0.3) is 0 Å². The highest BCUT2D eigenvalue weighted by molar-refractivity contribution is 6.43. The SMILES string of the molecule is O=[N+]([O-])c1c([C@H](O)c2cc(Cl)cc(Cl)c2O)[nH]c(Cl)c1Cl. The highest BCUT2D eigenvalue weighted by Crippen LogP contribution is 2.43. The van der Waals surface area contributed by atoms with Crippen LogP contribution in [0.2, 0.25) is 20.2 Å². The molecule has 1 heterocycles. The van der Waals surface area contributed by atoms with Crippen LogP contribution >= 0.6 is 46.4 Å². The van der Waals surface area contributed by atoms with Gasteiger partial charge >= 0.3 is 5.69 Å². The number of phenolic OH excluding ortho intramolecular Hbond substituents is 1. The monoisotopic (exact) mass is 370 g/mol. The van der Waals surface area contributed by atoms with E-state index in [9.17, 15) is 20.3 Å². The summed E-state index contributed by atoms with van der Waals surface area (Å²) in [6.07, 6.45) is -1.62. The summed E-state index contributed by atoms with van der Waals surface area (Å²) in [6, 6.07) is 2.48. The number of hydrogen-bond acceptors (Lipinski definition) is 4. The Balaban J connectivity index is 2.63. The third-order valence-electron chi connectivity index (χ3n) is 2.71. The van der Waals surface area contributed by atoms with Crippen LogP contribution in [0.25, 0.3) is 0 Å². The number of benzene rings is 1. The topological polar surface area (TPSA) is 99.4 Å². The Morgan fingerprint density at radius 3 is 2.43 bits per heavy atom. The summed E-state index contributed by atoms with van der Waals surface area (Å²) in [4.78, 5) is 12.6. The maximum atomic E-state index is 11.0. The third-order valence-corrected chi connectivity index (χ3v) is 3.96. The summed E-state index contributed by atoms with van der Waals surface area (Å²) in [6.45, 7) is 0. The van der Waals surface area contributed by atoms with Crippen LogP contribution < -0.4 is 0 Å². The van der Waals surface area contributed by atoms with Crippen LogP contribution in [0.5, 0.6) is 5.75 Å². The van der Waals surface area contributed by atoms with Gasteiger partial charge in [-0.2, -0.15) is 0 Å². The molecule has 0 fully saturated rings. The van der Waals surface area contributed by atoms with Gasteiger partial charge in [0, 0.05) is 10.6 Å². The predicted octanol–water partition coefficient (Wildman–Crippen LogP) is 4.32. The molecule has 0 aliphatic carbocycles. The molecule has 10 heteroatoms. The molecule has 1 atom stereocenters. The molecule has 2 rings (SSSR count). The van der Waals surface area contributed by atoms with E-state index in [1.165, 1.54) is 12.1 Å². The molecule has 0 aliphatic heterocycles. The lowest BCUT2D eigenvalue weighted by molar-refractivity contribution is -0.385. The van der Waals surface area contributed by atoms with Crippen molar-refractivity contribution in [1.29, 1.82) is 0 Å². The second-order valence-electron chi connectivity index (χ2n) is 4.00. The van der Waals surface area contributed by atoms with Crippen LogP contribution in [0, 0.1) is 10.1 Å². The largest absolute Gasteiger partial charge is 0.506 e. The van der Waals surface area contributed by atoms with E-state index in [0.717, 1.165) is 0 Å². The molecule has 6 nitrogen and oxygen atoms in total. The number of nitrogens with one attached hydrogen (secondary N) is 1. The Morgan fingerprint density at radius 2 is 1.86 bits per heavy atom. The highest BCUT2D eigenvalue weighted by Gasteiger charge is 2.32. The predicted molar refractivity (Wildman–Crippen MR) is 79.7 cm³/mol. The lowest BCUT2D eigenvalue weighted by atomic mass is 10.0. The molecule has 3 N–H and O–H groups in total. The number of halogens is 4. The van der Waals surface area contributed by atoms with Gasteiger partial charge in [0.2, 0.25) is 0 Å². The first-order chi connectivity index (χ1) is 9.73. The summed E-state index contributed by atoms with van der Waals surface area (Å²) in [5.74, 6) is -0.454. The quantitative estimate of drug-likeness (QED) is 0.552. The van der Waals surface area contributed by atoms with Crippen molar-refractivity contribution in [2.24, 2.45) is 0 Å². The van der Waals surface area contributed by atoms with Crippen molar-refractivity contribution in [1.82, 2.24) is 4.98 Å². The Bertz CT molecular complexity index is 731. The minimum absolute atomic E-state index is 0.108. The van der Waals surface area contributed by atoms with Gasteiger partial charge in [-0.25, -0.2) is 0 Å². The maximum absolute atomic E-state index is 11.0. The van der Waals surface area contributed by atoms with Crippen molar-refractivity contribution >= 4 is 52.1 Å². The van der Waals surface area contributed by atoms with Gasteiger partial charge in [0.1, 0.15) is 22.7 Å². The van der Waals surface area contributed by atoms with Crippen molar-refractivity contribution in [3.05, 3.63) is 53.7 Å². The number of aromatic amines is 1. The second kappa shape index (κ2) is 5.90. The molecule has 1 aromatic carbocycles. The smallest absolute Gasteiger partial charge is 0.313 e. The number of aromatic nitrogens is 1. The second-order valence-corrected chi connectivity index (χ2v) is 5.60. The molecule has 112 valence electrons. The normalized spacial score (nSPS) is 12.4. The van der Waals surface area contributed by atoms with E-state index in [4.69, 9.17) is 46.4 Å². The molecule has 0 aliphatic rings. The number of nitro groups is 1. The van der Waals surface area contributed by atoms with Crippen LogP contribution in [0.1, 0.15) is 17.4 Å². The van der Waals surface area contributed by atoms with Crippen LogP contribution in [0.15, 0.2) is 12.1 Å². The van der Waals surface area contributed by atoms with Crippen LogP contribution in [0.4, 0.5) is 5.69 Å². The van der Waals surface area contributed by atoms with Gasteiger partial charge in [-0.15, -0.1) is 0 Å². The molecule has 0 saturated carbocycles. The number of H-pyrrole nitrogens is 1. The summed E-state index contributed by atoms with van der Waals surface area (Å²) >= 11 is 22.9. The molecule has 2 aromatic rings. The van der Waals surface area contributed by atoms with Crippen molar-refractivity contribution in [3.8, 4) is 5.75 Å². The molecule has 0 radical (unpaired) electrons. The van der Waals surface area contributed by atoms with E-state index in [1.54, 1.807) is 0 Å². The Hall–Kier alpha value is -1.18. The van der Waals surface area contributed by atoms with Crippen molar-refractivity contribution in [3.63, 3.8) is 0 Å².